The third kappa shape index (κ3) is 5.73. The van der Waals surface area contributed by atoms with Gasteiger partial charge in [-0.2, -0.15) is 0 Å². The summed E-state index contributed by atoms with van der Waals surface area (Å²) >= 11 is 0. The Labute approximate surface area is 330 Å². The quantitative estimate of drug-likeness (QED) is 0.171. The van der Waals surface area contributed by atoms with E-state index >= 15 is 0 Å². The third-order valence-corrected chi connectivity index (χ3v) is 11.2. The van der Waals surface area contributed by atoms with E-state index in [0.29, 0.717) is 17.5 Å². The van der Waals surface area contributed by atoms with Crippen LogP contribution in [-0.2, 0) is 6.42 Å². The second kappa shape index (κ2) is 13.7. The van der Waals surface area contributed by atoms with Crippen molar-refractivity contribution in [3.8, 4) is 67.5 Å². The monoisotopic (exact) mass is 729 g/mol. The highest BCUT2D eigenvalue weighted by molar-refractivity contribution is 6.16. The number of para-hydroxylation sites is 1. The Morgan fingerprint density at radius 3 is 1.77 bits per heavy atom. The minimum atomic E-state index is 0.602. The van der Waals surface area contributed by atoms with Crippen molar-refractivity contribution in [1.29, 1.82) is 0 Å². The van der Waals surface area contributed by atoms with Gasteiger partial charge in [-0.3, -0.25) is 0 Å². The van der Waals surface area contributed by atoms with E-state index < -0.39 is 0 Å². The molecule has 0 spiro atoms. The standard InChI is InChI=1S/C53H35N3O/c1-4-16-34(17-5-1)37-28-29-40(35-18-6-2-7-19-35)46(32-37)43-30-31-45(49-44-26-14-15-27-48(44)57-50(43)49)52-54-51(36-20-8-3-9-21-36)55-53(56-52)47-33-38-22-10-11-23-39(38)41-24-12-13-25-42(41)47/h1-9,11-21,23-33H,10,22H2. The number of benzene rings is 8. The van der Waals surface area contributed by atoms with Crippen molar-refractivity contribution in [2.45, 2.75) is 12.8 Å². The number of hydrogen-bond acceptors (Lipinski definition) is 4. The summed E-state index contributed by atoms with van der Waals surface area (Å²) in [5.74, 6) is 1.88. The predicted molar refractivity (Wildman–Crippen MR) is 235 cm³/mol. The minimum absolute atomic E-state index is 0.602. The zero-order valence-electron chi connectivity index (χ0n) is 31.1. The number of furan rings is 1. The van der Waals surface area contributed by atoms with Gasteiger partial charge in [0.15, 0.2) is 17.5 Å². The summed E-state index contributed by atoms with van der Waals surface area (Å²) in [6.07, 6.45) is 6.53. The molecule has 0 radical (unpaired) electrons. The Bertz CT molecular complexity index is 3170. The third-order valence-electron chi connectivity index (χ3n) is 11.2. The molecule has 2 heterocycles. The van der Waals surface area contributed by atoms with Gasteiger partial charge in [-0.1, -0.05) is 158 Å². The Morgan fingerprint density at radius 1 is 0.404 bits per heavy atom. The Balaban J connectivity index is 1.19. The maximum absolute atomic E-state index is 6.91. The van der Waals surface area contributed by atoms with Crippen LogP contribution in [0.2, 0.25) is 0 Å². The largest absolute Gasteiger partial charge is 0.455 e. The second-order valence-electron chi connectivity index (χ2n) is 14.6. The van der Waals surface area contributed by atoms with Crippen LogP contribution in [0.5, 0.6) is 0 Å². The molecule has 4 nitrogen and oxygen atoms in total. The van der Waals surface area contributed by atoms with E-state index in [0.717, 1.165) is 90.2 Å². The number of rotatable bonds is 6. The number of nitrogens with zero attached hydrogens (tertiary/aromatic N) is 3. The van der Waals surface area contributed by atoms with Crippen LogP contribution in [0.25, 0.3) is 106 Å². The van der Waals surface area contributed by atoms with Gasteiger partial charge >= 0.3 is 0 Å². The summed E-state index contributed by atoms with van der Waals surface area (Å²) < 4.78 is 6.91. The fraction of sp³-hybridized carbons (Fsp3) is 0.0377. The fourth-order valence-corrected chi connectivity index (χ4v) is 8.49. The van der Waals surface area contributed by atoms with Gasteiger partial charge in [0.2, 0.25) is 0 Å². The van der Waals surface area contributed by atoms with E-state index in [1.54, 1.807) is 0 Å². The van der Waals surface area contributed by atoms with Crippen molar-refractivity contribution in [1.82, 2.24) is 15.0 Å². The van der Waals surface area contributed by atoms with Crippen LogP contribution in [0, 0.1) is 0 Å². The maximum atomic E-state index is 6.91. The van der Waals surface area contributed by atoms with Gasteiger partial charge < -0.3 is 4.42 Å². The first-order valence-corrected chi connectivity index (χ1v) is 19.5. The topological polar surface area (TPSA) is 51.8 Å². The lowest BCUT2D eigenvalue weighted by Gasteiger charge is -2.17. The summed E-state index contributed by atoms with van der Waals surface area (Å²) in [7, 11) is 0. The molecule has 2 aromatic heterocycles. The van der Waals surface area contributed by atoms with Crippen LogP contribution >= 0.6 is 0 Å². The minimum Gasteiger partial charge on any atom is -0.455 e. The van der Waals surface area contributed by atoms with Crippen LogP contribution < -0.4 is 0 Å². The first-order valence-electron chi connectivity index (χ1n) is 19.5. The molecule has 0 unspecified atom stereocenters. The van der Waals surface area contributed by atoms with Crippen LogP contribution in [-0.4, -0.2) is 15.0 Å². The molecule has 10 aromatic rings. The molecular weight excluding hydrogens is 695 g/mol. The van der Waals surface area contributed by atoms with Crippen molar-refractivity contribution in [3.05, 3.63) is 193 Å². The molecule has 0 atom stereocenters. The highest BCUT2D eigenvalue weighted by atomic mass is 16.3. The zero-order valence-corrected chi connectivity index (χ0v) is 31.1. The van der Waals surface area contributed by atoms with Crippen LogP contribution in [0.1, 0.15) is 17.5 Å². The lowest BCUT2D eigenvalue weighted by Crippen LogP contribution is -2.03. The van der Waals surface area contributed by atoms with Gasteiger partial charge in [0.05, 0.1) is 0 Å². The van der Waals surface area contributed by atoms with E-state index in [2.05, 4.69) is 158 Å². The molecule has 0 bridgehead atoms. The molecule has 4 heteroatoms. The molecule has 0 fully saturated rings. The maximum Gasteiger partial charge on any atom is 0.164 e. The van der Waals surface area contributed by atoms with Gasteiger partial charge in [0, 0.05) is 33.0 Å². The smallest absolute Gasteiger partial charge is 0.164 e. The second-order valence-corrected chi connectivity index (χ2v) is 14.6. The van der Waals surface area contributed by atoms with E-state index in [1.807, 2.05) is 30.3 Å². The molecule has 0 saturated carbocycles. The molecule has 0 N–H and O–H groups in total. The zero-order chi connectivity index (χ0) is 37.7. The Hall–Kier alpha value is -7.43. The highest BCUT2D eigenvalue weighted by Gasteiger charge is 2.23. The predicted octanol–water partition coefficient (Wildman–Crippen LogP) is 13.9. The van der Waals surface area contributed by atoms with Crippen molar-refractivity contribution in [2.75, 3.05) is 0 Å². The van der Waals surface area contributed by atoms with Crippen molar-refractivity contribution in [3.63, 3.8) is 0 Å². The molecule has 8 aromatic carbocycles. The molecular formula is C53H35N3O. The fourth-order valence-electron chi connectivity index (χ4n) is 8.49. The molecule has 1 aliphatic rings. The van der Waals surface area contributed by atoms with E-state index in [1.165, 1.54) is 16.5 Å². The van der Waals surface area contributed by atoms with E-state index in [9.17, 15) is 0 Å². The van der Waals surface area contributed by atoms with E-state index in [4.69, 9.17) is 19.4 Å². The van der Waals surface area contributed by atoms with Crippen LogP contribution in [0.4, 0.5) is 0 Å². The molecule has 11 rings (SSSR count). The van der Waals surface area contributed by atoms with Crippen molar-refractivity contribution in [2.24, 2.45) is 0 Å². The van der Waals surface area contributed by atoms with Gasteiger partial charge in [-0.15, -0.1) is 0 Å². The first kappa shape index (κ1) is 33.0. The Morgan fingerprint density at radius 2 is 1.00 bits per heavy atom. The number of aryl methyl sites for hydroxylation is 1. The number of allylic oxidation sites excluding steroid dienone is 1. The van der Waals surface area contributed by atoms with E-state index in [-0.39, 0.29) is 0 Å². The van der Waals surface area contributed by atoms with Gasteiger partial charge in [0.25, 0.3) is 0 Å². The number of fused-ring (bicyclic) bond motifs is 6. The Kier molecular flexibility index (Phi) is 7.92. The lowest BCUT2D eigenvalue weighted by molar-refractivity contribution is 0.670. The average Bonchev–Trinajstić information content (AvgIpc) is 3.69. The SMILES string of the molecule is C1=Cc2c(cc(-c3nc(-c4ccccc4)nc(-c4ccc(-c5cc(-c6ccccc6)ccc5-c5ccccc5)c5oc6ccccc6c45)n3)c3ccccc23)CC1. The van der Waals surface area contributed by atoms with Crippen molar-refractivity contribution < 1.29 is 4.42 Å². The summed E-state index contributed by atoms with van der Waals surface area (Å²) in [4.78, 5) is 15.8. The average molecular weight is 730 g/mol. The van der Waals surface area contributed by atoms with Gasteiger partial charge in [0.1, 0.15) is 11.2 Å². The van der Waals surface area contributed by atoms with Gasteiger partial charge in [-0.05, 0) is 92.9 Å². The summed E-state index contributed by atoms with van der Waals surface area (Å²) in [6.45, 7) is 0. The molecule has 0 saturated heterocycles. The highest BCUT2D eigenvalue weighted by Crippen LogP contribution is 2.45. The van der Waals surface area contributed by atoms with Crippen LogP contribution in [0.3, 0.4) is 0 Å². The first-order chi connectivity index (χ1) is 28.3. The number of hydrogen-bond donors (Lipinski definition) is 0. The summed E-state index contributed by atoms with van der Waals surface area (Å²) in [6, 6.07) is 61.6. The molecule has 0 aliphatic heterocycles. The van der Waals surface area contributed by atoms with Crippen LogP contribution in [0.15, 0.2) is 186 Å². The number of aromatic nitrogens is 3. The molecule has 57 heavy (non-hydrogen) atoms. The summed E-state index contributed by atoms with van der Waals surface area (Å²) in [5, 5.41) is 4.33. The molecule has 0 amide bonds. The van der Waals surface area contributed by atoms with Gasteiger partial charge in [-0.25, -0.2) is 15.0 Å². The molecule has 268 valence electrons. The summed E-state index contributed by atoms with van der Waals surface area (Å²) in [5.41, 5.74) is 13.7. The lowest BCUT2D eigenvalue weighted by atomic mass is 9.89. The molecule has 1 aliphatic carbocycles. The van der Waals surface area contributed by atoms with Crippen molar-refractivity contribution >= 4 is 38.8 Å². The normalized spacial score (nSPS) is 12.4.